The molecule has 2 saturated heterocycles. The number of hydrogen-bond donors (Lipinski definition) is 0. The lowest BCUT2D eigenvalue weighted by Gasteiger charge is -2.34. The molecule has 1 aromatic carbocycles. The lowest BCUT2D eigenvalue weighted by molar-refractivity contribution is -0.131. The minimum Gasteiger partial charge on any atom is -0.497 e. The summed E-state index contributed by atoms with van der Waals surface area (Å²) in [4.78, 5) is 15.3. The molecular formula is C21H27N3O7S3. The van der Waals surface area contributed by atoms with E-state index in [-0.39, 0.29) is 47.6 Å². The first-order valence-corrected chi connectivity index (χ1v) is 14.5. The van der Waals surface area contributed by atoms with Crippen LogP contribution in [0.3, 0.4) is 0 Å². The van der Waals surface area contributed by atoms with E-state index < -0.39 is 20.0 Å². The third-order valence-corrected chi connectivity index (χ3v) is 11.2. The number of thiophene rings is 1. The molecule has 2 aromatic rings. The first-order valence-electron chi connectivity index (χ1n) is 10.8. The number of piperazine rings is 1. The van der Waals surface area contributed by atoms with Crippen molar-refractivity contribution in [3.05, 3.63) is 41.3 Å². The summed E-state index contributed by atoms with van der Waals surface area (Å²) in [6.07, 6.45) is 0.0779. The average molecular weight is 530 g/mol. The number of nitrogens with zero attached hydrogens (tertiary/aromatic N) is 3. The van der Waals surface area contributed by atoms with Crippen LogP contribution in [0.2, 0.25) is 0 Å². The third kappa shape index (κ3) is 5.29. The highest BCUT2D eigenvalue weighted by molar-refractivity contribution is 7.91. The van der Waals surface area contributed by atoms with E-state index in [9.17, 15) is 21.6 Å². The zero-order valence-corrected chi connectivity index (χ0v) is 21.2. The molecule has 0 unspecified atom stereocenters. The van der Waals surface area contributed by atoms with Gasteiger partial charge in [0.2, 0.25) is 15.9 Å². The van der Waals surface area contributed by atoms with Gasteiger partial charge in [0.05, 0.1) is 31.6 Å². The Morgan fingerprint density at radius 1 is 0.882 bits per heavy atom. The smallest absolute Gasteiger partial charge is 0.252 e. The van der Waals surface area contributed by atoms with Crippen molar-refractivity contribution in [1.29, 1.82) is 0 Å². The van der Waals surface area contributed by atoms with Crippen LogP contribution in [0, 0.1) is 0 Å². The normalized spacial score (nSPS) is 18.7. The molecule has 186 valence electrons. The topological polar surface area (TPSA) is 114 Å². The SMILES string of the molecule is COc1ccc(S(=O)(=O)N2CCN(C(=O)Cc3ccc(S(=O)(=O)N4CCOCC4)s3)CC2)cc1. The van der Waals surface area contributed by atoms with Crippen molar-refractivity contribution < 1.29 is 31.1 Å². The Kier molecular flexibility index (Phi) is 7.60. The molecule has 0 spiro atoms. The van der Waals surface area contributed by atoms with Crippen LogP contribution in [0.25, 0.3) is 0 Å². The Morgan fingerprint density at radius 2 is 1.50 bits per heavy atom. The largest absolute Gasteiger partial charge is 0.497 e. The molecule has 1 aromatic heterocycles. The number of hydrogen-bond acceptors (Lipinski definition) is 8. The summed E-state index contributed by atoms with van der Waals surface area (Å²) in [6, 6.07) is 9.41. The zero-order chi connectivity index (χ0) is 24.3. The van der Waals surface area contributed by atoms with E-state index in [2.05, 4.69) is 0 Å². The highest BCUT2D eigenvalue weighted by Crippen LogP contribution is 2.27. The lowest BCUT2D eigenvalue weighted by Crippen LogP contribution is -2.50. The quantitative estimate of drug-likeness (QED) is 0.523. The van der Waals surface area contributed by atoms with Crippen LogP contribution in [-0.4, -0.2) is 95.8 Å². The molecule has 13 heteroatoms. The number of sulfonamides is 2. The van der Waals surface area contributed by atoms with E-state index in [1.54, 1.807) is 23.1 Å². The lowest BCUT2D eigenvalue weighted by atomic mass is 10.3. The molecule has 2 aliphatic rings. The number of carbonyl (C=O) groups is 1. The van der Waals surface area contributed by atoms with Crippen LogP contribution in [0.15, 0.2) is 45.5 Å². The predicted molar refractivity (Wildman–Crippen MR) is 126 cm³/mol. The number of carbonyl (C=O) groups excluding carboxylic acids is 1. The third-order valence-electron chi connectivity index (χ3n) is 5.82. The van der Waals surface area contributed by atoms with Crippen molar-refractivity contribution in [2.45, 2.75) is 15.5 Å². The first kappa shape index (κ1) is 25.1. The standard InChI is InChI=1S/C21H27N3O7S3/c1-30-17-2-5-19(6-3-17)33(26,27)23-10-8-22(9-11-23)20(25)16-18-4-7-21(32-18)34(28,29)24-12-14-31-15-13-24/h2-7H,8-16H2,1H3. The molecule has 2 aliphatic heterocycles. The molecule has 0 bridgehead atoms. The Labute approximate surface area is 203 Å². The van der Waals surface area contributed by atoms with Crippen LogP contribution in [0.1, 0.15) is 4.88 Å². The predicted octanol–water partition coefficient (Wildman–Crippen LogP) is 0.853. The maximum atomic E-state index is 12.9. The summed E-state index contributed by atoms with van der Waals surface area (Å²) < 4.78 is 64.6. The van der Waals surface area contributed by atoms with Gasteiger partial charge in [-0.2, -0.15) is 8.61 Å². The van der Waals surface area contributed by atoms with Crippen LogP contribution in [-0.2, 0) is 36.0 Å². The summed E-state index contributed by atoms with van der Waals surface area (Å²) in [6.45, 7) is 2.32. The second-order valence-corrected chi connectivity index (χ2v) is 13.1. The molecule has 0 aliphatic carbocycles. The van der Waals surface area contributed by atoms with Crippen molar-refractivity contribution in [3.63, 3.8) is 0 Å². The Balaban J connectivity index is 1.34. The van der Waals surface area contributed by atoms with Gasteiger partial charge in [-0.1, -0.05) is 0 Å². The van der Waals surface area contributed by atoms with E-state index in [0.717, 1.165) is 11.3 Å². The van der Waals surface area contributed by atoms with Gasteiger partial charge in [-0.3, -0.25) is 4.79 Å². The highest BCUT2D eigenvalue weighted by Gasteiger charge is 2.31. The summed E-state index contributed by atoms with van der Waals surface area (Å²) in [5, 5.41) is 0. The van der Waals surface area contributed by atoms with Gasteiger partial charge in [0, 0.05) is 44.1 Å². The molecule has 2 fully saturated rings. The van der Waals surface area contributed by atoms with E-state index in [1.165, 1.54) is 33.9 Å². The summed E-state index contributed by atoms with van der Waals surface area (Å²) in [5.41, 5.74) is 0. The summed E-state index contributed by atoms with van der Waals surface area (Å²) in [5.74, 6) is 0.419. The Bertz CT molecular complexity index is 1210. The number of methoxy groups -OCH3 is 1. The maximum Gasteiger partial charge on any atom is 0.252 e. The number of morpholine rings is 1. The van der Waals surface area contributed by atoms with Crippen molar-refractivity contribution in [3.8, 4) is 5.75 Å². The van der Waals surface area contributed by atoms with Gasteiger partial charge in [-0.25, -0.2) is 16.8 Å². The van der Waals surface area contributed by atoms with Crippen molar-refractivity contribution in [2.75, 3.05) is 59.6 Å². The van der Waals surface area contributed by atoms with Gasteiger partial charge in [0.25, 0.3) is 10.0 Å². The molecule has 1 amide bonds. The van der Waals surface area contributed by atoms with Gasteiger partial charge in [0.15, 0.2) is 0 Å². The molecular weight excluding hydrogens is 502 g/mol. The molecule has 0 saturated carbocycles. The van der Waals surface area contributed by atoms with Gasteiger partial charge in [-0.15, -0.1) is 11.3 Å². The van der Waals surface area contributed by atoms with E-state index in [4.69, 9.17) is 9.47 Å². The first-order chi connectivity index (χ1) is 16.2. The van der Waals surface area contributed by atoms with Crippen molar-refractivity contribution in [2.24, 2.45) is 0 Å². The summed E-state index contributed by atoms with van der Waals surface area (Å²) >= 11 is 1.10. The maximum absolute atomic E-state index is 12.9. The van der Waals surface area contributed by atoms with Crippen molar-refractivity contribution >= 4 is 37.3 Å². The second-order valence-electron chi connectivity index (χ2n) is 7.87. The van der Waals surface area contributed by atoms with Crippen LogP contribution in [0.5, 0.6) is 5.75 Å². The molecule has 0 radical (unpaired) electrons. The minimum atomic E-state index is -3.66. The fourth-order valence-electron chi connectivity index (χ4n) is 3.84. The molecule has 0 atom stereocenters. The summed E-state index contributed by atoms with van der Waals surface area (Å²) in [7, 11) is -5.73. The molecule has 10 nitrogen and oxygen atoms in total. The molecule has 0 N–H and O–H groups in total. The molecule has 4 rings (SSSR count). The van der Waals surface area contributed by atoms with Crippen LogP contribution in [0.4, 0.5) is 0 Å². The molecule has 3 heterocycles. The monoisotopic (exact) mass is 529 g/mol. The molecule has 34 heavy (non-hydrogen) atoms. The van der Waals surface area contributed by atoms with Gasteiger partial charge >= 0.3 is 0 Å². The Morgan fingerprint density at radius 3 is 2.12 bits per heavy atom. The van der Waals surface area contributed by atoms with Crippen LogP contribution < -0.4 is 4.74 Å². The van der Waals surface area contributed by atoms with E-state index >= 15 is 0 Å². The number of amides is 1. The van der Waals surface area contributed by atoms with E-state index in [0.29, 0.717) is 36.9 Å². The van der Waals surface area contributed by atoms with Crippen molar-refractivity contribution in [1.82, 2.24) is 13.5 Å². The number of benzene rings is 1. The fourth-order valence-corrected chi connectivity index (χ4v) is 8.17. The van der Waals surface area contributed by atoms with Gasteiger partial charge < -0.3 is 14.4 Å². The minimum absolute atomic E-state index is 0.0779. The average Bonchev–Trinajstić information content (AvgIpc) is 3.34. The highest BCUT2D eigenvalue weighted by atomic mass is 32.2. The number of rotatable bonds is 7. The van der Waals surface area contributed by atoms with Gasteiger partial charge in [0.1, 0.15) is 9.96 Å². The van der Waals surface area contributed by atoms with E-state index in [1.807, 2.05) is 0 Å². The number of ether oxygens (including phenoxy) is 2. The van der Waals surface area contributed by atoms with Crippen LogP contribution >= 0.6 is 11.3 Å². The zero-order valence-electron chi connectivity index (χ0n) is 18.8. The second kappa shape index (κ2) is 10.3. The van der Waals surface area contributed by atoms with Gasteiger partial charge in [-0.05, 0) is 36.4 Å². The Hall–Kier alpha value is -2.03. The fraction of sp³-hybridized carbons (Fsp3) is 0.476.